The number of hydrogen-bond donors (Lipinski definition) is 2. The van der Waals surface area contributed by atoms with Gasteiger partial charge in [-0.25, -0.2) is 4.98 Å². The van der Waals surface area contributed by atoms with Crippen molar-refractivity contribution >= 4 is 54.2 Å². The van der Waals surface area contributed by atoms with E-state index in [-0.39, 0.29) is 11.3 Å². The summed E-state index contributed by atoms with van der Waals surface area (Å²) >= 11 is 3.38. The molecule has 132 valence electrons. The standard InChI is InChI=1S/C15H9BrN4O5S/c16-8-1-3-11-10(5-8)13-14(19-11)15(21)20(7-17-13)18-6-9-2-4-12(25-9)26(22,23)24/h1-7,19H,(H,22,23,24). The molecule has 0 fully saturated rings. The van der Waals surface area contributed by atoms with Crippen LogP contribution in [0.15, 0.2) is 60.5 Å². The average molecular weight is 437 g/mol. The number of furan rings is 1. The quantitative estimate of drug-likeness (QED) is 0.374. The van der Waals surface area contributed by atoms with Crippen LogP contribution in [0.5, 0.6) is 0 Å². The second kappa shape index (κ2) is 5.90. The minimum Gasteiger partial charge on any atom is -0.441 e. The van der Waals surface area contributed by atoms with Crippen LogP contribution >= 0.6 is 15.9 Å². The minimum atomic E-state index is -4.44. The van der Waals surface area contributed by atoms with Gasteiger partial charge >= 0.3 is 10.1 Å². The summed E-state index contributed by atoms with van der Waals surface area (Å²) in [5, 5.41) is 4.11. The normalized spacial score (nSPS) is 12.5. The Labute approximate surface area is 153 Å². The molecule has 4 aromatic rings. The smallest absolute Gasteiger partial charge is 0.328 e. The van der Waals surface area contributed by atoms with Crippen LogP contribution < -0.4 is 5.56 Å². The predicted octanol–water partition coefficient (Wildman–Crippen LogP) is 2.36. The molecule has 0 bridgehead atoms. The molecule has 0 saturated carbocycles. The fourth-order valence-electron chi connectivity index (χ4n) is 2.46. The van der Waals surface area contributed by atoms with Crippen molar-refractivity contribution in [1.82, 2.24) is 14.6 Å². The van der Waals surface area contributed by atoms with Crippen molar-refractivity contribution in [2.24, 2.45) is 5.10 Å². The molecule has 11 heteroatoms. The van der Waals surface area contributed by atoms with E-state index in [1.807, 2.05) is 18.2 Å². The molecule has 1 aromatic carbocycles. The Bertz CT molecular complexity index is 1350. The van der Waals surface area contributed by atoms with E-state index in [0.29, 0.717) is 5.52 Å². The van der Waals surface area contributed by atoms with Crippen molar-refractivity contribution in [2.45, 2.75) is 5.09 Å². The Morgan fingerprint density at radius 3 is 2.85 bits per heavy atom. The van der Waals surface area contributed by atoms with E-state index in [0.717, 1.165) is 32.3 Å². The molecule has 0 unspecified atom stereocenters. The number of rotatable bonds is 3. The summed E-state index contributed by atoms with van der Waals surface area (Å²) < 4.78 is 37.6. The molecule has 9 nitrogen and oxygen atoms in total. The first-order valence-electron chi connectivity index (χ1n) is 7.13. The fraction of sp³-hybridized carbons (Fsp3) is 0. The molecule has 0 saturated heterocycles. The van der Waals surface area contributed by atoms with Gasteiger partial charge in [-0.3, -0.25) is 9.35 Å². The highest BCUT2D eigenvalue weighted by Crippen LogP contribution is 2.24. The maximum Gasteiger partial charge on any atom is 0.328 e. The number of benzene rings is 1. The van der Waals surface area contributed by atoms with Crippen molar-refractivity contribution in [3.05, 3.63) is 57.2 Å². The van der Waals surface area contributed by atoms with Crippen LogP contribution in [-0.4, -0.2) is 33.8 Å². The van der Waals surface area contributed by atoms with Crippen molar-refractivity contribution in [3.8, 4) is 0 Å². The topological polar surface area (TPSA) is 131 Å². The fourth-order valence-corrected chi connectivity index (χ4v) is 3.26. The van der Waals surface area contributed by atoms with E-state index in [1.165, 1.54) is 12.4 Å². The molecule has 3 aromatic heterocycles. The van der Waals surface area contributed by atoms with Gasteiger partial charge in [-0.1, -0.05) is 15.9 Å². The highest BCUT2D eigenvalue weighted by molar-refractivity contribution is 9.10. The number of nitrogens with one attached hydrogen (secondary N) is 1. The Morgan fingerprint density at radius 1 is 1.31 bits per heavy atom. The number of aromatic amines is 1. The first kappa shape index (κ1) is 16.7. The van der Waals surface area contributed by atoms with Crippen LogP contribution in [0.2, 0.25) is 0 Å². The first-order valence-corrected chi connectivity index (χ1v) is 9.36. The van der Waals surface area contributed by atoms with E-state index in [1.54, 1.807) is 0 Å². The average Bonchev–Trinajstić information content (AvgIpc) is 3.19. The monoisotopic (exact) mass is 436 g/mol. The van der Waals surface area contributed by atoms with Gasteiger partial charge in [0.05, 0.1) is 6.21 Å². The molecule has 3 heterocycles. The Kier molecular flexibility index (Phi) is 3.79. The lowest BCUT2D eigenvalue weighted by molar-refractivity contribution is 0.404. The van der Waals surface area contributed by atoms with E-state index in [2.05, 4.69) is 31.0 Å². The second-order valence-electron chi connectivity index (χ2n) is 5.31. The summed E-state index contributed by atoms with van der Waals surface area (Å²) in [7, 11) is -4.44. The van der Waals surface area contributed by atoms with Gasteiger partial charge in [-0.2, -0.15) is 18.2 Å². The van der Waals surface area contributed by atoms with Crippen LogP contribution in [-0.2, 0) is 10.1 Å². The summed E-state index contributed by atoms with van der Waals surface area (Å²) in [6.45, 7) is 0. The lowest BCUT2D eigenvalue weighted by atomic mass is 10.2. The molecule has 0 atom stereocenters. The summed E-state index contributed by atoms with van der Waals surface area (Å²) in [5.74, 6) is 0.0465. The number of H-pyrrole nitrogens is 1. The molecular weight excluding hydrogens is 428 g/mol. The molecule has 26 heavy (non-hydrogen) atoms. The van der Waals surface area contributed by atoms with Gasteiger partial charge in [0.25, 0.3) is 5.56 Å². The predicted molar refractivity (Wildman–Crippen MR) is 97.1 cm³/mol. The van der Waals surface area contributed by atoms with E-state index < -0.39 is 20.8 Å². The van der Waals surface area contributed by atoms with Crippen LogP contribution in [0.3, 0.4) is 0 Å². The van der Waals surface area contributed by atoms with Gasteiger partial charge in [-0.15, -0.1) is 0 Å². The highest BCUT2D eigenvalue weighted by Gasteiger charge is 2.14. The molecule has 0 radical (unpaired) electrons. The maximum atomic E-state index is 12.6. The maximum absolute atomic E-state index is 12.6. The zero-order valence-corrected chi connectivity index (χ0v) is 15.2. The molecule has 0 aliphatic rings. The molecular formula is C15H9BrN4O5S. The number of hydrogen-bond acceptors (Lipinski definition) is 6. The number of nitrogens with zero attached hydrogens (tertiary/aromatic N) is 3. The molecule has 0 spiro atoms. The van der Waals surface area contributed by atoms with Gasteiger partial charge < -0.3 is 9.40 Å². The minimum absolute atomic E-state index is 0.0465. The van der Waals surface area contributed by atoms with Gasteiger partial charge in [0.15, 0.2) is 0 Å². The third-order valence-electron chi connectivity index (χ3n) is 3.62. The lowest BCUT2D eigenvalue weighted by Crippen LogP contribution is -2.17. The molecule has 0 aliphatic heterocycles. The van der Waals surface area contributed by atoms with Crippen molar-refractivity contribution in [1.29, 1.82) is 0 Å². The molecule has 0 aliphatic carbocycles. The highest BCUT2D eigenvalue weighted by atomic mass is 79.9. The number of aromatic nitrogens is 3. The van der Waals surface area contributed by atoms with Gasteiger partial charge in [0, 0.05) is 15.4 Å². The van der Waals surface area contributed by atoms with Crippen molar-refractivity contribution < 1.29 is 17.4 Å². The molecule has 4 rings (SSSR count). The Hall–Kier alpha value is -2.76. The summed E-state index contributed by atoms with van der Waals surface area (Å²) in [5.41, 5.74) is 1.14. The van der Waals surface area contributed by atoms with Gasteiger partial charge in [0.1, 0.15) is 23.1 Å². The van der Waals surface area contributed by atoms with Crippen LogP contribution in [0, 0.1) is 0 Å². The Balaban J connectivity index is 1.78. The first-order chi connectivity index (χ1) is 12.3. The molecule has 2 N–H and O–H groups in total. The zero-order valence-electron chi connectivity index (χ0n) is 12.7. The summed E-state index contributed by atoms with van der Waals surface area (Å²) in [6, 6.07) is 7.90. The third kappa shape index (κ3) is 2.85. The van der Waals surface area contributed by atoms with Gasteiger partial charge in [-0.05, 0) is 30.3 Å². The summed E-state index contributed by atoms with van der Waals surface area (Å²) in [6.07, 6.45) is 2.39. The van der Waals surface area contributed by atoms with Crippen LogP contribution in [0.1, 0.15) is 5.76 Å². The zero-order chi connectivity index (χ0) is 18.5. The number of halogens is 1. The SMILES string of the molecule is O=c1c2[nH]c3ccc(Br)cc3c2ncn1N=Cc1ccc(S(=O)(=O)O)o1. The number of fused-ring (bicyclic) bond motifs is 3. The van der Waals surface area contributed by atoms with E-state index in [4.69, 9.17) is 8.97 Å². The van der Waals surface area contributed by atoms with E-state index in [9.17, 15) is 13.2 Å². The molecule has 0 amide bonds. The third-order valence-corrected chi connectivity index (χ3v) is 4.84. The van der Waals surface area contributed by atoms with Crippen molar-refractivity contribution in [3.63, 3.8) is 0 Å². The summed E-state index contributed by atoms with van der Waals surface area (Å²) in [4.78, 5) is 19.8. The lowest BCUT2D eigenvalue weighted by Gasteiger charge is -1.97. The van der Waals surface area contributed by atoms with Crippen molar-refractivity contribution in [2.75, 3.05) is 0 Å². The van der Waals surface area contributed by atoms with E-state index >= 15 is 0 Å². The largest absolute Gasteiger partial charge is 0.441 e. The van der Waals surface area contributed by atoms with Crippen LogP contribution in [0.4, 0.5) is 0 Å². The van der Waals surface area contributed by atoms with Gasteiger partial charge in [0.2, 0.25) is 5.09 Å². The van der Waals surface area contributed by atoms with Crippen LogP contribution in [0.25, 0.3) is 21.9 Å². The Morgan fingerprint density at radius 2 is 2.12 bits per heavy atom. The second-order valence-corrected chi connectivity index (χ2v) is 7.58.